The SMILES string of the molecule is Cn1cc(-c2cc(C(=O)Nc3c(Br)cc([N+](=O)[O-])cc3Br)c3ccccc3n2)cn1. The second kappa shape index (κ2) is 7.96. The number of amides is 1. The topological polar surface area (TPSA) is 103 Å². The maximum Gasteiger partial charge on any atom is 0.271 e. The minimum atomic E-state index is -0.502. The van der Waals surface area contributed by atoms with E-state index in [4.69, 9.17) is 0 Å². The quantitative estimate of drug-likeness (QED) is 0.284. The normalized spacial score (nSPS) is 10.9. The van der Waals surface area contributed by atoms with Crippen molar-refractivity contribution < 1.29 is 9.72 Å². The number of nitrogens with zero attached hydrogens (tertiary/aromatic N) is 4. The van der Waals surface area contributed by atoms with Crippen LogP contribution < -0.4 is 5.32 Å². The average molecular weight is 531 g/mol. The fourth-order valence-electron chi connectivity index (χ4n) is 3.03. The first-order valence-electron chi connectivity index (χ1n) is 8.67. The minimum absolute atomic E-state index is 0.0972. The predicted octanol–water partition coefficient (Wildman–Crippen LogP) is 5.32. The number of aromatic nitrogens is 3. The number of hydrogen-bond acceptors (Lipinski definition) is 5. The lowest BCUT2D eigenvalue weighted by atomic mass is 10.0. The predicted molar refractivity (Wildman–Crippen MR) is 120 cm³/mol. The molecule has 2 heterocycles. The number of rotatable bonds is 4. The Labute approximate surface area is 187 Å². The van der Waals surface area contributed by atoms with Crippen LogP contribution in [0.1, 0.15) is 10.4 Å². The van der Waals surface area contributed by atoms with E-state index in [9.17, 15) is 14.9 Å². The Bertz CT molecular complexity index is 1300. The number of pyridine rings is 1. The number of halogens is 2. The number of carbonyl (C=O) groups is 1. The second-order valence-corrected chi connectivity index (χ2v) is 8.18. The molecule has 4 aromatic rings. The molecule has 0 saturated heterocycles. The lowest BCUT2D eigenvalue weighted by Crippen LogP contribution is -2.14. The molecule has 2 aromatic heterocycles. The smallest absolute Gasteiger partial charge is 0.271 e. The van der Waals surface area contributed by atoms with Gasteiger partial charge in [-0.25, -0.2) is 4.98 Å². The number of carbonyl (C=O) groups excluding carboxylic acids is 1. The molecule has 2 aromatic carbocycles. The molecule has 0 radical (unpaired) electrons. The average Bonchev–Trinajstić information content (AvgIpc) is 3.15. The summed E-state index contributed by atoms with van der Waals surface area (Å²) in [7, 11) is 1.81. The third-order valence-electron chi connectivity index (χ3n) is 4.44. The van der Waals surface area contributed by atoms with Crippen molar-refractivity contribution in [2.75, 3.05) is 5.32 Å². The second-order valence-electron chi connectivity index (χ2n) is 6.47. The first-order chi connectivity index (χ1) is 14.3. The zero-order valence-corrected chi connectivity index (χ0v) is 18.6. The number of nitrogens with one attached hydrogen (secondary N) is 1. The molecule has 0 fully saturated rings. The van der Waals surface area contributed by atoms with Crippen LogP contribution in [0.5, 0.6) is 0 Å². The van der Waals surface area contributed by atoms with Crippen LogP contribution in [0.2, 0.25) is 0 Å². The van der Waals surface area contributed by atoms with E-state index < -0.39 is 4.92 Å². The summed E-state index contributed by atoms with van der Waals surface area (Å²) in [5, 5.41) is 18.7. The lowest BCUT2D eigenvalue weighted by Gasteiger charge is -2.12. The molecule has 0 spiro atoms. The molecule has 0 bridgehead atoms. The largest absolute Gasteiger partial charge is 0.320 e. The lowest BCUT2D eigenvalue weighted by molar-refractivity contribution is -0.385. The molecular formula is C20H13Br2N5O3. The number of fused-ring (bicyclic) bond motifs is 1. The first-order valence-corrected chi connectivity index (χ1v) is 10.3. The van der Waals surface area contributed by atoms with E-state index in [1.54, 1.807) is 16.9 Å². The maximum atomic E-state index is 13.2. The summed E-state index contributed by atoms with van der Waals surface area (Å²) in [6.45, 7) is 0. The van der Waals surface area contributed by atoms with Gasteiger partial charge in [-0.2, -0.15) is 5.10 Å². The van der Waals surface area contributed by atoms with Crippen molar-refractivity contribution in [2.24, 2.45) is 7.05 Å². The summed E-state index contributed by atoms with van der Waals surface area (Å²) in [6.07, 6.45) is 3.50. The molecule has 4 rings (SSSR count). The summed E-state index contributed by atoms with van der Waals surface area (Å²) in [6, 6.07) is 11.7. The maximum absolute atomic E-state index is 13.2. The van der Waals surface area contributed by atoms with Crippen molar-refractivity contribution in [1.29, 1.82) is 0 Å². The van der Waals surface area contributed by atoms with Gasteiger partial charge in [0.15, 0.2) is 0 Å². The fourth-order valence-corrected chi connectivity index (χ4v) is 4.39. The van der Waals surface area contributed by atoms with Crippen molar-refractivity contribution in [2.45, 2.75) is 0 Å². The van der Waals surface area contributed by atoms with Gasteiger partial charge in [0, 0.05) is 45.3 Å². The molecule has 0 unspecified atom stereocenters. The van der Waals surface area contributed by atoms with Gasteiger partial charge in [0.1, 0.15) is 0 Å². The van der Waals surface area contributed by atoms with E-state index in [2.05, 4.69) is 47.3 Å². The number of benzene rings is 2. The van der Waals surface area contributed by atoms with Gasteiger partial charge in [-0.05, 0) is 44.0 Å². The van der Waals surface area contributed by atoms with Gasteiger partial charge < -0.3 is 5.32 Å². The summed E-state index contributed by atoms with van der Waals surface area (Å²) < 4.78 is 2.45. The molecule has 0 aliphatic carbocycles. The van der Waals surface area contributed by atoms with Crippen molar-refractivity contribution >= 4 is 60.0 Å². The Balaban J connectivity index is 1.79. The summed E-state index contributed by atoms with van der Waals surface area (Å²) >= 11 is 6.60. The molecule has 8 nitrogen and oxygen atoms in total. The van der Waals surface area contributed by atoms with Crippen LogP contribution in [0.15, 0.2) is 63.8 Å². The molecule has 30 heavy (non-hydrogen) atoms. The van der Waals surface area contributed by atoms with Crippen molar-refractivity contribution in [3.8, 4) is 11.3 Å². The third kappa shape index (κ3) is 3.83. The number of nitro benzene ring substituents is 1. The van der Waals surface area contributed by atoms with Gasteiger partial charge in [-0.15, -0.1) is 0 Å². The van der Waals surface area contributed by atoms with Gasteiger partial charge in [-0.1, -0.05) is 18.2 Å². The van der Waals surface area contributed by atoms with E-state index in [1.807, 2.05) is 37.5 Å². The van der Waals surface area contributed by atoms with E-state index in [0.717, 1.165) is 5.56 Å². The van der Waals surface area contributed by atoms with Crippen molar-refractivity contribution in [3.63, 3.8) is 0 Å². The summed E-state index contributed by atoms with van der Waals surface area (Å²) in [5.41, 5.74) is 2.81. The number of para-hydroxylation sites is 1. The van der Waals surface area contributed by atoms with Crippen LogP contribution in [0.4, 0.5) is 11.4 Å². The van der Waals surface area contributed by atoms with Gasteiger partial charge in [0.2, 0.25) is 0 Å². The van der Waals surface area contributed by atoms with E-state index in [-0.39, 0.29) is 11.6 Å². The zero-order valence-electron chi connectivity index (χ0n) is 15.5. The van der Waals surface area contributed by atoms with Gasteiger partial charge in [0.05, 0.1) is 33.6 Å². The highest BCUT2D eigenvalue weighted by atomic mass is 79.9. The van der Waals surface area contributed by atoms with Crippen LogP contribution in [0.25, 0.3) is 22.2 Å². The van der Waals surface area contributed by atoms with Crippen molar-refractivity contribution in [1.82, 2.24) is 14.8 Å². The molecule has 0 aliphatic rings. The van der Waals surface area contributed by atoms with Gasteiger partial charge >= 0.3 is 0 Å². The number of nitro groups is 1. The molecule has 1 N–H and O–H groups in total. The molecule has 10 heteroatoms. The molecule has 0 atom stereocenters. The van der Waals surface area contributed by atoms with Crippen LogP contribution in [-0.4, -0.2) is 25.6 Å². The van der Waals surface area contributed by atoms with Crippen LogP contribution in [0.3, 0.4) is 0 Å². The Hall–Kier alpha value is -3.11. The van der Waals surface area contributed by atoms with E-state index in [0.29, 0.717) is 36.8 Å². The van der Waals surface area contributed by atoms with Crippen molar-refractivity contribution in [3.05, 3.63) is 79.5 Å². The Morgan fingerprint density at radius 1 is 1.17 bits per heavy atom. The fraction of sp³-hybridized carbons (Fsp3) is 0.0500. The third-order valence-corrected chi connectivity index (χ3v) is 5.69. The highest BCUT2D eigenvalue weighted by molar-refractivity contribution is 9.11. The number of anilines is 1. The van der Waals surface area contributed by atoms with Gasteiger partial charge in [-0.3, -0.25) is 19.6 Å². The Morgan fingerprint density at radius 2 is 1.87 bits per heavy atom. The Kier molecular flexibility index (Phi) is 5.35. The first kappa shape index (κ1) is 20.2. The monoisotopic (exact) mass is 529 g/mol. The van der Waals surface area contributed by atoms with Crippen LogP contribution >= 0.6 is 31.9 Å². The standard InChI is InChI=1S/C20H13Br2N5O3/c1-26-10-11(9-23-26)18-8-14(13-4-2-3-5-17(13)24-18)20(28)25-19-15(21)6-12(27(29)30)7-16(19)22/h2-10H,1H3,(H,25,28). The van der Waals surface area contributed by atoms with Crippen LogP contribution in [-0.2, 0) is 7.05 Å². The molecule has 1 amide bonds. The Morgan fingerprint density at radius 3 is 2.50 bits per heavy atom. The molecular weight excluding hydrogens is 518 g/mol. The highest BCUT2D eigenvalue weighted by Crippen LogP contribution is 2.36. The molecule has 150 valence electrons. The molecule has 0 saturated carbocycles. The minimum Gasteiger partial charge on any atom is -0.320 e. The van der Waals surface area contributed by atoms with Crippen LogP contribution in [0, 0.1) is 10.1 Å². The van der Waals surface area contributed by atoms with E-state index >= 15 is 0 Å². The highest BCUT2D eigenvalue weighted by Gasteiger charge is 2.19. The van der Waals surface area contributed by atoms with Gasteiger partial charge in [0.25, 0.3) is 11.6 Å². The summed E-state index contributed by atoms with van der Waals surface area (Å²) in [5.74, 6) is -0.367. The summed E-state index contributed by atoms with van der Waals surface area (Å²) in [4.78, 5) is 28.4. The number of hydrogen-bond donors (Lipinski definition) is 1. The number of non-ortho nitro benzene ring substituents is 1. The zero-order chi connectivity index (χ0) is 21.4. The van der Waals surface area contributed by atoms with E-state index in [1.165, 1.54) is 12.1 Å². The number of aryl methyl sites for hydroxylation is 1. The molecule has 0 aliphatic heterocycles.